The molecular weight excluding hydrogens is 308 g/mol. The van der Waals surface area contributed by atoms with Crippen LogP contribution in [-0.2, 0) is 9.78 Å². The lowest BCUT2D eigenvalue weighted by Gasteiger charge is -2.05. The molecule has 0 fully saturated rings. The highest BCUT2D eigenvalue weighted by molar-refractivity contribution is 5.92. The fourth-order valence-corrected chi connectivity index (χ4v) is 1.47. The largest absolute Gasteiger partial charge is 0.389 e. The molecule has 0 aliphatic rings. The zero-order chi connectivity index (χ0) is 16.3. The Morgan fingerprint density at radius 2 is 1.05 bits per heavy atom. The van der Waals surface area contributed by atoms with E-state index in [9.17, 15) is 27.2 Å². The van der Waals surface area contributed by atoms with Gasteiger partial charge in [-0.2, -0.15) is 0 Å². The molecule has 2 aromatic carbocycles. The van der Waals surface area contributed by atoms with E-state index in [0.29, 0.717) is 24.3 Å². The first-order valence-electron chi connectivity index (χ1n) is 5.72. The number of rotatable bonds is 2. The first-order chi connectivity index (χ1) is 10.4. The van der Waals surface area contributed by atoms with E-state index in [1.54, 1.807) is 0 Å². The highest BCUT2D eigenvalue weighted by atomic mass is 19.1. The molecule has 0 N–H and O–H groups in total. The molecule has 4 nitrogen and oxygen atoms in total. The Bertz CT molecular complexity index is 682. The lowest BCUT2D eigenvalue weighted by Crippen LogP contribution is -2.14. The minimum Gasteiger partial charge on any atom is -0.241 e. The van der Waals surface area contributed by atoms with E-state index in [4.69, 9.17) is 0 Å². The van der Waals surface area contributed by atoms with Gasteiger partial charge in [0.1, 0.15) is 34.4 Å². The molecule has 0 spiro atoms. The Kier molecular flexibility index (Phi) is 4.40. The molecule has 0 atom stereocenters. The van der Waals surface area contributed by atoms with Gasteiger partial charge in [-0.15, -0.1) is 0 Å². The van der Waals surface area contributed by atoms with Gasteiger partial charge in [0.05, 0.1) is 0 Å². The van der Waals surface area contributed by atoms with E-state index < -0.39 is 46.3 Å². The third-order valence-corrected chi connectivity index (χ3v) is 2.49. The van der Waals surface area contributed by atoms with Gasteiger partial charge in [0.2, 0.25) is 0 Å². The van der Waals surface area contributed by atoms with E-state index in [2.05, 4.69) is 9.78 Å². The maximum atomic E-state index is 13.3. The quantitative estimate of drug-likeness (QED) is 0.485. The molecule has 8 heteroatoms. The Morgan fingerprint density at radius 3 is 1.41 bits per heavy atom. The van der Waals surface area contributed by atoms with Gasteiger partial charge in [0.25, 0.3) is 0 Å². The molecule has 114 valence electrons. The average molecular weight is 314 g/mol. The smallest absolute Gasteiger partial charge is 0.241 e. The summed E-state index contributed by atoms with van der Waals surface area (Å²) in [5.41, 5.74) is -1.65. The van der Waals surface area contributed by atoms with Crippen LogP contribution in [0.25, 0.3) is 0 Å². The number of benzene rings is 2. The van der Waals surface area contributed by atoms with Gasteiger partial charge >= 0.3 is 11.9 Å². The normalized spacial score (nSPS) is 10.2. The second-order valence-corrected chi connectivity index (χ2v) is 3.99. The van der Waals surface area contributed by atoms with Crippen LogP contribution in [0.3, 0.4) is 0 Å². The van der Waals surface area contributed by atoms with Crippen LogP contribution in [0, 0.1) is 23.3 Å². The number of halogens is 4. The van der Waals surface area contributed by atoms with Crippen molar-refractivity contribution in [1.29, 1.82) is 0 Å². The number of carbonyl (C=O) groups is 2. The number of hydrogen-bond acceptors (Lipinski definition) is 4. The Balaban J connectivity index is 2.09. The summed E-state index contributed by atoms with van der Waals surface area (Å²) in [5.74, 6) is -7.09. The second-order valence-electron chi connectivity index (χ2n) is 3.99. The third-order valence-electron chi connectivity index (χ3n) is 2.49. The van der Waals surface area contributed by atoms with Gasteiger partial charge in [-0.05, 0) is 36.4 Å². The SMILES string of the molecule is O=C(OOC(=O)c1cc(F)ccc1F)c1cc(F)ccc1F. The van der Waals surface area contributed by atoms with E-state index in [1.165, 1.54) is 0 Å². The van der Waals surface area contributed by atoms with Crippen molar-refractivity contribution in [3.8, 4) is 0 Å². The highest BCUT2D eigenvalue weighted by Crippen LogP contribution is 2.14. The van der Waals surface area contributed by atoms with E-state index in [1.807, 2.05) is 0 Å². The van der Waals surface area contributed by atoms with Gasteiger partial charge < -0.3 is 0 Å². The lowest BCUT2D eigenvalue weighted by atomic mass is 10.2. The van der Waals surface area contributed by atoms with Crippen LogP contribution in [0.5, 0.6) is 0 Å². The van der Waals surface area contributed by atoms with E-state index >= 15 is 0 Å². The molecule has 0 aliphatic carbocycles. The zero-order valence-corrected chi connectivity index (χ0v) is 10.6. The molecule has 0 aromatic heterocycles. The number of hydrogen-bond donors (Lipinski definition) is 0. The molecule has 0 unspecified atom stereocenters. The Hall–Kier alpha value is -2.90. The van der Waals surface area contributed by atoms with Crippen LogP contribution in [0.1, 0.15) is 20.7 Å². The lowest BCUT2D eigenvalue weighted by molar-refractivity contribution is -0.188. The fraction of sp³-hybridized carbons (Fsp3) is 0. The summed E-state index contributed by atoms with van der Waals surface area (Å²) >= 11 is 0. The van der Waals surface area contributed by atoms with E-state index in [0.717, 1.165) is 12.1 Å². The monoisotopic (exact) mass is 314 g/mol. The first kappa shape index (κ1) is 15.5. The van der Waals surface area contributed by atoms with Crippen LogP contribution in [0.4, 0.5) is 17.6 Å². The van der Waals surface area contributed by atoms with Crippen LogP contribution >= 0.6 is 0 Å². The maximum Gasteiger partial charge on any atom is 0.389 e. The van der Waals surface area contributed by atoms with Crippen molar-refractivity contribution in [2.75, 3.05) is 0 Å². The van der Waals surface area contributed by atoms with Crippen LogP contribution in [-0.4, -0.2) is 11.9 Å². The predicted octanol–water partition coefficient (Wildman–Crippen LogP) is 3.17. The van der Waals surface area contributed by atoms with Crippen molar-refractivity contribution in [3.05, 3.63) is 70.8 Å². The molecule has 0 heterocycles. The van der Waals surface area contributed by atoms with Gasteiger partial charge in [-0.25, -0.2) is 36.9 Å². The summed E-state index contributed by atoms with van der Waals surface area (Å²) in [5, 5.41) is 0. The topological polar surface area (TPSA) is 52.6 Å². The standard InChI is InChI=1S/C14H6F4O4/c15-7-1-3-11(17)9(5-7)13(19)21-22-14(20)10-6-8(16)2-4-12(10)18/h1-6H. The molecule has 2 aromatic rings. The fourth-order valence-electron chi connectivity index (χ4n) is 1.47. The van der Waals surface area contributed by atoms with Crippen LogP contribution < -0.4 is 0 Å². The molecular formula is C14H6F4O4. The molecule has 0 amide bonds. The Morgan fingerprint density at radius 1 is 0.682 bits per heavy atom. The predicted molar refractivity (Wildman–Crippen MR) is 63.5 cm³/mol. The average Bonchev–Trinajstić information content (AvgIpc) is 2.49. The van der Waals surface area contributed by atoms with Gasteiger partial charge in [-0.1, -0.05) is 0 Å². The van der Waals surface area contributed by atoms with Crippen molar-refractivity contribution in [1.82, 2.24) is 0 Å². The summed E-state index contributed by atoms with van der Waals surface area (Å²) in [6.45, 7) is 0. The minimum absolute atomic E-state index is 0.522. The molecule has 22 heavy (non-hydrogen) atoms. The van der Waals surface area contributed by atoms with Crippen LogP contribution in [0.2, 0.25) is 0 Å². The van der Waals surface area contributed by atoms with Crippen molar-refractivity contribution in [2.24, 2.45) is 0 Å². The maximum absolute atomic E-state index is 13.3. The number of carbonyl (C=O) groups excluding carboxylic acids is 2. The van der Waals surface area contributed by atoms with Crippen molar-refractivity contribution < 1.29 is 36.9 Å². The molecule has 0 saturated heterocycles. The summed E-state index contributed by atoms with van der Waals surface area (Å²) in [6.07, 6.45) is 0. The zero-order valence-electron chi connectivity index (χ0n) is 10.6. The van der Waals surface area contributed by atoms with Crippen molar-refractivity contribution in [2.45, 2.75) is 0 Å². The second kappa shape index (κ2) is 6.25. The minimum atomic E-state index is -1.51. The van der Waals surface area contributed by atoms with Crippen molar-refractivity contribution >= 4 is 11.9 Å². The van der Waals surface area contributed by atoms with Crippen LogP contribution in [0.15, 0.2) is 36.4 Å². The molecule has 0 saturated carbocycles. The highest BCUT2D eigenvalue weighted by Gasteiger charge is 2.20. The molecule has 2 rings (SSSR count). The van der Waals surface area contributed by atoms with E-state index in [-0.39, 0.29) is 0 Å². The van der Waals surface area contributed by atoms with Gasteiger partial charge in [0.15, 0.2) is 0 Å². The van der Waals surface area contributed by atoms with Crippen molar-refractivity contribution in [3.63, 3.8) is 0 Å². The summed E-state index contributed by atoms with van der Waals surface area (Å²) in [4.78, 5) is 30.8. The summed E-state index contributed by atoms with van der Waals surface area (Å²) in [6, 6.07) is 3.91. The Labute approximate surface area is 120 Å². The summed E-state index contributed by atoms with van der Waals surface area (Å²) in [7, 11) is 0. The molecule has 0 radical (unpaired) electrons. The summed E-state index contributed by atoms with van der Waals surface area (Å²) < 4.78 is 52.3. The first-order valence-corrected chi connectivity index (χ1v) is 5.72. The van der Waals surface area contributed by atoms with Gasteiger partial charge in [0, 0.05) is 0 Å². The third kappa shape index (κ3) is 3.40. The molecule has 0 aliphatic heterocycles. The molecule has 0 bridgehead atoms. The van der Waals surface area contributed by atoms with Gasteiger partial charge in [-0.3, -0.25) is 0 Å².